The Hall–Kier alpha value is -1.07. The van der Waals surface area contributed by atoms with Crippen LogP contribution in [0.25, 0.3) is 0 Å². The van der Waals surface area contributed by atoms with Crippen molar-refractivity contribution in [1.29, 1.82) is 0 Å². The second kappa shape index (κ2) is 5.28. The number of halogens is 3. The molecular weight excluding hydrogens is 245 g/mol. The smallest absolute Gasteiger partial charge is 0.393 e. The Morgan fingerprint density at radius 2 is 1.89 bits per heavy atom. The second-order valence-electron chi connectivity index (χ2n) is 4.57. The molecule has 0 bridgehead atoms. The molecule has 0 saturated carbocycles. The van der Waals surface area contributed by atoms with Gasteiger partial charge in [-0.3, -0.25) is 0 Å². The van der Waals surface area contributed by atoms with E-state index in [-0.39, 0.29) is 12.2 Å². The molecule has 1 N–H and O–H groups in total. The fourth-order valence-corrected chi connectivity index (χ4v) is 2.10. The number of alkyl halides is 3. The second-order valence-corrected chi connectivity index (χ2v) is 4.57. The zero-order chi connectivity index (χ0) is 13.2. The maximum atomic E-state index is 12.4. The molecule has 100 valence electrons. The van der Waals surface area contributed by atoms with E-state index in [0.29, 0.717) is 25.9 Å². The minimum Gasteiger partial charge on any atom is -0.393 e. The first kappa shape index (κ1) is 13.4. The zero-order valence-electron chi connectivity index (χ0n) is 9.78. The van der Waals surface area contributed by atoms with E-state index < -0.39 is 11.7 Å². The first-order valence-corrected chi connectivity index (χ1v) is 5.91. The van der Waals surface area contributed by atoms with Gasteiger partial charge in [-0.15, -0.1) is 0 Å². The molecule has 0 aromatic heterocycles. The Morgan fingerprint density at radius 1 is 1.22 bits per heavy atom. The first-order chi connectivity index (χ1) is 8.45. The highest BCUT2D eigenvalue weighted by atomic mass is 19.4. The third-order valence-corrected chi connectivity index (χ3v) is 3.08. The highest BCUT2D eigenvalue weighted by Crippen LogP contribution is 2.29. The maximum Gasteiger partial charge on any atom is 0.416 e. The van der Waals surface area contributed by atoms with Gasteiger partial charge in [0.05, 0.1) is 17.8 Å². The average molecular weight is 260 g/mol. The van der Waals surface area contributed by atoms with Crippen LogP contribution in [0.4, 0.5) is 13.2 Å². The van der Waals surface area contributed by atoms with E-state index in [2.05, 4.69) is 0 Å². The van der Waals surface area contributed by atoms with Gasteiger partial charge < -0.3 is 9.84 Å². The van der Waals surface area contributed by atoms with Crippen molar-refractivity contribution in [3.8, 4) is 0 Å². The molecule has 2 nitrogen and oxygen atoms in total. The van der Waals surface area contributed by atoms with Crippen molar-refractivity contribution in [2.45, 2.75) is 37.6 Å². The highest BCUT2D eigenvalue weighted by molar-refractivity contribution is 5.25. The minimum absolute atomic E-state index is 0.106. The summed E-state index contributed by atoms with van der Waals surface area (Å²) >= 11 is 0. The van der Waals surface area contributed by atoms with Gasteiger partial charge in [-0.2, -0.15) is 13.2 Å². The summed E-state index contributed by atoms with van der Waals surface area (Å²) in [7, 11) is 0. The summed E-state index contributed by atoms with van der Waals surface area (Å²) < 4.78 is 42.6. The van der Waals surface area contributed by atoms with E-state index in [0.717, 1.165) is 17.7 Å². The molecule has 0 spiro atoms. The molecule has 1 aliphatic rings. The third-order valence-electron chi connectivity index (χ3n) is 3.08. The van der Waals surface area contributed by atoms with E-state index in [1.54, 1.807) is 0 Å². The number of ether oxygens (including phenoxy) is 1. The SMILES string of the molecule is OC1CCOC(Cc2ccc(C(F)(F)F)cc2)C1. The first-order valence-electron chi connectivity index (χ1n) is 5.91. The number of aliphatic hydroxyl groups excluding tert-OH is 1. The molecule has 1 saturated heterocycles. The van der Waals surface area contributed by atoms with Gasteiger partial charge in [0.1, 0.15) is 0 Å². The molecule has 0 aliphatic carbocycles. The summed E-state index contributed by atoms with van der Waals surface area (Å²) in [6.07, 6.45) is -3.06. The van der Waals surface area contributed by atoms with Crippen molar-refractivity contribution in [2.24, 2.45) is 0 Å². The molecule has 2 atom stereocenters. The van der Waals surface area contributed by atoms with Gasteiger partial charge in [0.2, 0.25) is 0 Å². The number of hydrogen-bond acceptors (Lipinski definition) is 2. The van der Waals surface area contributed by atoms with Crippen LogP contribution in [0, 0.1) is 0 Å². The van der Waals surface area contributed by atoms with Crippen molar-refractivity contribution in [2.75, 3.05) is 6.61 Å². The molecule has 1 aromatic carbocycles. The van der Waals surface area contributed by atoms with Crippen molar-refractivity contribution in [1.82, 2.24) is 0 Å². The Kier molecular flexibility index (Phi) is 3.92. The van der Waals surface area contributed by atoms with Gasteiger partial charge in [0.25, 0.3) is 0 Å². The van der Waals surface area contributed by atoms with Crippen molar-refractivity contribution < 1.29 is 23.0 Å². The van der Waals surface area contributed by atoms with Crippen molar-refractivity contribution in [3.05, 3.63) is 35.4 Å². The molecule has 1 fully saturated rings. The lowest BCUT2D eigenvalue weighted by Crippen LogP contribution is -2.30. The topological polar surface area (TPSA) is 29.5 Å². The van der Waals surface area contributed by atoms with E-state index in [9.17, 15) is 18.3 Å². The molecule has 18 heavy (non-hydrogen) atoms. The van der Waals surface area contributed by atoms with Crippen LogP contribution >= 0.6 is 0 Å². The molecule has 5 heteroatoms. The lowest BCUT2D eigenvalue weighted by atomic mass is 9.99. The summed E-state index contributed by atoms with van der Waals surface area (Å²) in [5.74, 6) is 0. The quantitative estimate of drug-likeness (QED) is 0.886. The van der Waals surface area contributed by atoms with Crippen molar-refractivity contribution >= 4 is 0 Å². The van der Waals surface area contributed by atoms with Gasteiger partial charge >= 0.3 is 6.18 Å². The molecule has 2 rings (SSSR count). The van der Waals surface area contributed by atoms with Gasteiger partial charge in [-0.1, -0.05) is 12.1 Å². The molecule has 1 aromatic rings. The van der Waals surface area contributed by atoms with Crippen LogP contribution in [-0.2, 0) is 17.3 Å². The molecule has 0 radical (unpaired) electrons. The van der Waals surface area contributed by atoms with Crippen LogP contribution in [-0.4, -0.2) is 23.9 Å². The lowest BCUT2D eigenvalue weighted by molar-refractivity contribution is -0.137. The van der Waals surface area contributed by atoms with Crippen LogP contribution < -0.4 is 0 Å². The Balaban J connectivity index is 1.98. The van der Waals surface area contributed by atoms with Crippen LogP contribution in [0.2, 0.25) is 0 Å². The summed E-state index contributed by atoms with van der Waals surface area (Å²) in [6.45, 7) is 0.506. The van der Waals surface area contributed by atoms with Crippen LogP contribution in [0.1, 0.15) is 24.0 Å². The minimum atomic E-state index is -4.30. The van der Waals surface area contributed by atoms with Crippen LogP contribution in [0.15, 0.2) is 24.3 Å². The number of rotatable bonds is 2. The summed E-state index contributed by atoms with van der Waals surface area (Å²) in [6, 6.07) is 5.09. The highest BCUT2D eigenvalue weighted by Gasteiger charge is 2.30. The fourth-order valence-electron chi connectivity index (χ4n) is 2.10. The van der Waals surface area contributed by atoms with Crippen LogP contribution in [0.5, 0.6) is 0 Å². The monoisotopic (exact) mass is 260 g/mol. The Labute approximate surface area is 103 Å². The summed E-state index contributed by atoms with van der Waals surface area (Å²) in [4.78, 5) is 0. The maximum absolute atomic E-state index is 12.4. The number of benzene rings is 1. The number of aliphatic hydroxyl groups is 1. The molecular formula is C13H15F3O2. The normalized spacial score (nSPS) is 25.1. The van der Waals surface area contributed by atoms with E-state index in [1.165, 1.54) is 12.1 Å². The van der Waals surface area contributed by atoms with Gasteiger partial charge in [-0.25, -0.2) is 0 Å². The Bertz CT molecular complexity index is 386. The lowest BCUT2D eigenvalue weighted by Gasteiger charge is -2.26. The standard InChI is InChI=1S/C13H15F3O2/c14-13(15,16)10-3-1-9(2-4-10)7-12-8-11(17)5-6-18-12/h1-4,11-12,17H,5-8H2. The van der Waals surface area contributed by atoms with Gasteiger partial charge in [0, 0.05) is 6.61 Å². The molecule has 1 aliphatic heterocycles. The molecule has 2 unspecified atom stereocenters. The fraction of sp³-hybridized carbons (Fsp3) is 0.538. The van der Waals surface area contributed by atoms with E-state index in [1.807, 2.05) is 0 Å². The number of hydrogen-bond donors (Lipinski definition) is 1. The van der Waals surface area contributed by atoms with Crippen LogP contribution in [0.3, 0.4) is 0 Å². The third kappa shape index (κ3) is 3.46. The molecule has 0 amide bonds. The largest absolute Gasteiger partial charge is 0.416 e. The van der Waals surface area contributed by atoms with Crippen molar-refractivity contribution in [3.63, 3.8) is 0 Å². The predicted octanol–water partition coefficient (Wildman–Crippen LogP) is 2.79. The van der Waals surface area contributed by atoms with Gasteiger partial charge in [0.15, 0.2) is 0 Å². The Morgan fingerprint density at radius 3 is 2.44 bits per heavy atom. The van der Waals surface area contributed by atoms with Gasteiger partial charge in [-0.05, 0) is 37.0 Å². The predicted molar refractivity (Wildman–Crippen MR) is 60.1 cm³/mol. The van der Waals surface area contributed by atoms with E-state index >= 15 is 0 Å². The average Bonchev–Trinajstić information content (AvgIpc) is 2.28. The summed E-state index contributed by atoms with van der Waals surface area (Å²) in [5, 5.41) is 9.48. The summed E-state index contributed by atoms with van der Waals surface area (Å²) in [5.41, 5.74) is 0.151. The van der Waals surface area contributed by atoms with E-state index in [4.69, 9.17) is 4.74 Å². The molecule has 1 heterocycles. The zero-order valence-corrected chi connectivity index (χ0v) is 9.78.